The molecule has 1 aromatic heterocycles. The van der Waals surface area contributed by atoms with Gasteiger partial charge < -0.3 is 20.5 Å². The van der Waals surface area contributed by atoms with E-state index in [0.717, 1.165) is 11.1 Å². The number of methoxy groups -OCH3 is 1. The van der Waals surface area contributed by atoms with Crippen LogP contribution in [0.3, 0.4) is 0 Å². The smallest absolute Gasteiger partial charge is 0.225 e. The highest BCUT2D eigenvalue weighted by Gasteiger charge is 2.05. The molecule has 0 bridgehead atoms. The van der Waals surface area contributed by atoms with Gasteiger partial charge in [0, 0.05) is 19.2 Å². The number of aromatic nitrogens is 2. The topological polar surface area (TPSA) is 82.3 Å². The standard InChI is InChI=1S/C15H20N4O2/c1-3-21-10-12-7-5-4-6-11(12)9-17-13-8-14(20-2)19-15(16)18-13/h4-8H,3,9-10H2,1-2H3,(H3,16,17,18,19). The number of benzene rings is 1. The molecular formula is C15H20N4O2. The lowest BCUT2D eigenvalue weighted by atomic mass is 10.1. The lowest BCUT2D eigenvalue weighted by Crippen LogP contribution is -2.07. The molecule has 2 rings (SSSR count). The van der Waals surface area contributed by atoms with Gasteiger partial charge in [-0.3, -0.25) is 0 Å². The van der Waals surface area contributed by atoms with Gasteiger partial charge in [-0.1, -0.05) is 24.3 Å². The summed E-state index contributed by atoms with van der Waals surface area (Å²) in [6, 6.07) is 9.83. The summed E-state index contributed by atoms with van der Waals surface area (Å²) in [6.45, 7) is 3.91. The molecule has 112 valence electrons. The van der Waals surface area contributed by atoms with Crippen molar-refractivity contribution >= 4 is 11.8 Å². The molecule has 0 aliphatic heterocycles. The van der Waals surface area contributed by atoms with Gasteiger partial charge in [-0.15, -0.1) is 0 Å². The molecule has 0 amide bonds. The average Bonchev–Trinajstić information content (AvgIpc) is 2.51. The first-order chi connectivity index (χ1) is 10.2. The molecule has 6 nitrogen and oxygen atoms in total. The second kappa shape index (κ2) is 7.44. The Morgan fingerprint density at radius 1 is 1.19 bits per heavy atom. The Labute approximate surface area is 124 Å². The van der Waals surface area contributed by atoms with Crippen LogP contribution in [0.1, 0.15) is 18.1 Å². The second-order valence-corrected chi connectivity index (χ2v) is 4.41. The van der Waals surface area contributed by atoms with Crippen LogP contribution in [0.4, 0.5) is 11.8 Å². The molecule has 21 heavy (non-hydrogen) atoms. The van der Waals surface area contributed by atoms with Crippen LogP contribution in [0.15, 0.2) is 30.3 Å². The molecule has 0 atom stereocenters. The molecule has 0 aliphatic carbocycles. The molecule has 1 heterocycles. The van der Waals surface area contributed by atoms with Crippen LogP contribution in [-0.2, 0) is 17.9 Å². The summed E-state index contributed by atoms with van der Waals surface area (Å²) in [4.78, 5) is 8.08. The maximum absolute atomic E-state index is 5.64. The van der Waals surface area contributed by atoms with E-state index in [1.165, 1.54) is 0 Å². The summed E-state index contributed by atoms with van der Waals surface area (Å²) in [5, 5.41) is 3.23. The van der Waals surface area contributed by atoms with Crippen molar-refractivity contribution in [3.05, 3.63) is 41.5 Å². The van der Waals surface area contributed by atoms with Crippen molar-refractivity contribution in [2.75, 3.05) is 24.8 Å². The zero-order valence-electron chi connectivity index (χ0n) is 12.3. The zero-order chi connectivity index (χ0) is 15.1. The van der Waals surface area contributed by atoms with E-state index in [0.29, 0.717) is 31.5 Å². The lowest BCUT2D eigenvalue weighted by molar-refractivity contribution is 0.133. The highest BCUT2D eigenvalue weighted by Crippen LogP contribution is 2.16. The first-order valence-corrected chi connectivity index (χ1v) is 6.80. The van der Waals surface area contributed by atoms with Crippen molar-refractivity contribution in [3.63, 3.8) is 0 Å². The normalized spacial score (nSPS) is 10.4. The van der Waals surface area contributed by atoms with Crippen molar-refractivity contribution < 1.29 is 9.47 Å². The quantitative estimate of drug-likeness (QED) is 0.813. The van der Waals surface area contributed by atoms with E-state index in [1.807, 2.05) is 19.1 Å². The van der Waals surface area contributed by atoms with Gasteiger partial charge in [-0.05, 0) is 18.1 Å². The summed E-state index contributed by atoms with van der Waals surface area (Å²) < 4.78 is 10.5. The molecule has 1 aromatic carbocycles. The number of nitrogen functional groups attached to an aromatic ring is 1. The van der Waals surface area contributed by atoms with Crippen LogP contribution in [0.25, 0.3) is 0 Å². The number of nitrogens with one attached hydrogen (secondary N) is 1. The molecule has 3 N–H and O–H groups in total. The van der Waals surface area contributed by atoms with Gasteiger partial charge in [0.25, 0.3) is 0 Å². The van der Waals surface area contributed by atoms with Gasteiger partial charge in [0.2, 0.25) is 11.8 Å². The monoisotopic (exact) mass is 288 g/mol. The SMILES string of the molecule is CCOCc1ccccc1CNc1cc(OC)nc(N)n1. The highest BCUT2D eigenvalue weighted by molar-refractivity contribution is 5.44. The van der Waals surface area contributed by atoms with Crippen molar-refractivity contribution in [2.45, 2.75) is 20.1 Å². The van der Waals surface area contributed by atoms with Crippen molar-refractivity contribution in [2.24, 2.45) is 0 Å². The van der Waals surface area contributed by atoms with Gasteiger partial charge in [0.05, 0.1) is 13.7 Å². The number of rotatable bonds is 7. The van der Waals surface area contributed by atoms with Gasteiger partial charge in [0.1, 0.15) is 5.82 Å². The lowest BCUT2D eigenvalue weighted by Gasteiger charge is -2.11. The molecule has 0 radical (unpaired) electrons. The van der Waals surface area contributed by atoms with Gasteiger partial charge in [0.15, 0.2) is 0 Å². The van der Waals surface area contributed by atoms with E-state index in [-0.39, 0.29) is 5.95 Å². The summed E-state index contributed by atoms with van der Waals surface area (Å²) in [5.41, 5.74) is 7.95. The fraction of sp³-hybridized carbons (Fsp3) is 0.333. The Morgan fingerprint density at radius 3 is 2.67 bits per heavy atom. The van der Waals surface area contributed by atoms with Crippen LogP contribution < -0.4 is 15.8 Å². The molecular weight excluding hydrogens is 268 g/mol. The van der Waals surface area contributed by atoms with Gasteiger partial charge in [-0.25, -0.2) is 0 Å². The van der Waals surface area contributed by atoms with E-state index >= 15 is 0 Å². The van der Waals surface area contributed by atoms with E-state index < -0.39 is 0 Å². The molecule has 0 fully saturated rings. The largest absolute Gasteiger partial charge is 0.481 e. The Bertz CT molecular complexity index is 590. The number of anilines is 2. The van der Waals surface area contributed by atoms with Crippen molar-refractivity contribution in [1.82, 2.24) is 9.97 Å². The molecule has 6 heteroatoms. The number of hydrogen-bond donors (Lipinski definition) is 2. The Morgan fingerprint density at radius 2 is 1.95 bits per heavy atom. The minimum Gasteiger partial charge on any atom is -0.481 e. The summed E-state index contributed by atoms with van der Waals surface area (Å²) >= 11 is 0. The zero-order valence-corrected chi connectivity index (χ0v) is 12.3. The summed E-state index contributed by atoms with van der Waals surface area (Å²) in [7, 11) is 1.54. The predicted molar refractivity (Wildman–Crippen MR) is 82.1 cm³/mol. The Kier molecular flexibility index (Phi) is 5.34. The van der Waals surface area contributed by atoms with E-state index in [1.54, 1.807) is 13.2 Å². The van der Waals surface area contributed by atoms with Crippen LogP contribution >= 0.6 is 0 Å². The predicted octanol–water partition coefficient (Wildman–Crippen LogP) is 2.22. The minimum atomic E-state index is 0.180. The van der Waals surface area contributed by atoms with Crippen LogP contribution in [-0.4, -0.2) is 23.7 Å². The first kappa shape index (κ1) is 15.1. The number of hydrogen-bond acceptors (Lipinski definition) is 6. The molecule has 0 saturated heterocycles. The summed E-state index contributed by atoms with van der Waals surface area (Å²) in [5.74, 6) is 1.25. The van der Waals surface area contributed by atoms with E-state index in [4.69, 9.17) is 15.2 Å². The third-order valence-corrected chi connectivity index (χ3v) is 2.97. The molecule has 0 aliphatic rings. The summed E-state index contributed by atoms with van der Waals surface area (Å²) in [6.07, 6.45) is 0. The molecule has 0 saturated carbocycles. The van der Waals surface area contributed by atoms with E-state index in [9.17, 15) is 0 Å². The second-order valence-electron chi connectivity index (χ2n) is 4.41. The maximum atomic E-state index is 5.64. The Hall–Kier alpha value is -2.34. The highest BCUT2D eigenvalue weighted by atomic mass is 16.5. The molecule has 0 unspecified atom stereocenters. The maximum Gasteiger partial charge on any atom is 0.225 e. The van der Waals surface area contributed by atoms with Crippen molar-refractivity contribution in [3.8, 4) is 5.88 Å². The number of nitrogens with two attached hydrogens (primary N) is 1. The van der Waals surface area contributed by atoms with Gasteiger partial charge >= 0.3 is 0 Å². The van der Waals surface area contributed by atoms with Crippen LogP contribution in [0, 0.1) is 0 Å². The fourth-order valence-electron chi connectivity index (χ4n) is 1.91. The first-order valence-electron chi connectivity index (χ1n) is 6.80. The van der Waals surface area contributed by atoms with Gasteiger partial charge in [-0.2, -0.15) is 9.97 Å². The Balaban J connectivity index is 2.07. The third-order valence-electron chi connectivity index (χ3n) is 2.97. The van der Waals surface area contributed by atoms with Crippen molar-refractivity contribution in [1.29, 1.82) is 0 Å². The number of nitrogens with zero attached hydrogens (tertiary/aromatic N) is 2. The van der Waals surface area contributed by atoms with E-state index in [2.05, 4.69) is 27.4 Å². The molecule has 0 spiro atoms. The minimum absolute atomic E-state index is 0.180. The molecule has 2 aromatic rings. The van der Waals surface area contributed by atoms with Crippen LogP contribution in [0.5, 0.6) is 5.88 Å². The third kappa shape index (κ3) is 4.32. The number of ether oxygens (including phenoxy) is 2. The average molecular weight is 288 g/mol. The van der Waals surface area contributed by atoms with Crippen LogP contribution in [0.2, 0.25) is 0 Å². The fourth-order valence-corrected chi connectivity index (χ4v) is 1.91.